The van der Waals surface area contributed by atoms with Gasteiger partial charge >= 0.3 is 0 Å². The molecular weight excluding hydrogens is 260 g/mol. The Morgan fingerprint density at radius 2 is 1.38 bits per heavy atom. The van der Waals surface area contributed by atoms with Crippen LogP contribution in [0.5, 0.6) is 11.5 Å². The lowest BCUT2D eigenvalue weighted by Crippen LogP contribution is -2.33. The number of nitrogens with zero attached hydrogens (tertiary/aromatic N) is 1. The van der Waals surface area contributed by atoms with Crippen molar-refractivity contribution < 1.29 is 4.74 Å². The minimum absolute atomic E-state index is 0.877. The normalized spacial score (nSPS) is 16.1. The Kier molecular flexibility index (Phi) is 4.74. The number of para-hydroxylation sites is 1. The van der Waals surface area contributed by atoms with Crippen molar-refractivity contribution in [2.45, 2.75) is 12.8 Å². The number of ether oxygens (including phenoxy) is 1. The molecule has 3 rings (SSSR count). The fraction of sp³-hybridized carbons (Fsp3) is 0.333. The molecule has 0 saturated carbocycles. The second-order valence-electron chi connectivity index (χ2n) is 5.35. The van der Waals surface area contributed by atoms with Gasteiger partial charge in [0.2, 0.25) is 0 Å². The van der Waals surface area contributed by atoms with Crippen LogP contribution in [0.2, 0.25) is 0 Å². The van der Waals surface area contributed by atoms with E-state index in [1.54, 1.807) is 0 Å². The second kappa shape index (κ2) is 7.14. The van der Waals surface area contributed by atoms with Gasteiger partial charge in [0.1, 0.15) is 11.5 Å². The average molecular weight is 282 g/mol. The summed E-state index contributed by atoms with van der Waals surface area (Å²) in [5.41, 5.74) is 1.29. The first-order valence-electron chi connectivity index (χ1n) is 7.70. The third-order valence-electron chi connectivity index (χ3n) is 3.74. The van der Waals surface area contributed by atoms with E-state index in [-0.39, 0.29) is 0 Å². The fourth-order valence-corrected chi connectivity index (χ4v) is 2.63. The number of nitrogens with one attached hydrogen (secondary N) is 1. The molecular formula is C18H22N2O. The zero-order valence-electron chi connectivity index (χ0n) is 12.3. The maximum atomic E-state index is 5.84. The number of anilines is 1. The molecule has 1 saturated heterocycles. The highest BCUT2D eigenvalue weighted by Crippen LogP contribution is 2.24. The quantitative estimate of drug-likeness (QED) is 0.929. The zero-order valence-corrected chi connectivity index (χ0v) is 12.3. The summed E-state index contributed by atoms with van der Waals surface area (Å²) in [6.45, 7) is 4.47. The van der Waals surface area contributed by atoms with Gasteiger partial charge < -0.3 is 15.0 Å². The first-order chi connectivity index (χ1) is 10.4. The van der Waals surface area contributed by atoms with Crippen molar-refractivity contribution in [2.75, 3.05) is 31.1 Å². The molecule has 1 N–H and O–H groups in total. The molecule has 110 valence electrons. The third kappa shape index (κ3) is 3.99. The second-order valence-corrected chi connectivity index (χ2v) is 5.35. The van der Waals surface area contributed by atoms with Gasteiger partial charge in [-0.15, -0.1) is 0 Å². The number of rotatable bonds is 3. The van der Waals surface area contributed by atoms with Crippen LogP contribution in [0, 0.1) is 0 Å². The molecule has 0 amide bonds. The van der Waals surface area contributed by atoms with Crippen LogP contribution < -0.4 is 15.0 Å². The van der Waals surface area contributed by atoms with Gasteiger partial charge in [-0.2, -0.15) is 0 Å². The van der Waals surface area contributed by atoms with Crippen LogP contribution in [-0.2, 0) is 0 Å². The fourth-order valence-electron chi connectivity index (χ4n) is 2.63. The van der Waals surface area contributed by atoms with Crippen molar-refractivity contribution in [3.63, 3.8) is 0 Å². The monoisotopic (exact) mass is 282 g/mol. The molecule has 1 aliphatic heterocycles. The lowest BCUT2D eigenvalue weighted by Gasteiger charge is -2.27. The number of hydrogen-bond acceptors (Lipinski definition) is 3. The van der Waals surface area contributed by atoms with E-state index in [9.17, 15) is 0 Å². The van der Waals surface area contributed by atoms with E-state index in [0.29, 0.717) is 0 Å². The Morgan fingerprint density at radius 3 is 2.05 bits per heavy atom. The van der Waals surface area contributed by atoms with Crippen LogP contribution in [0.15, 0.2) is 54.6 Å². The van der Waals surface area contributed by atoms with Gasteiger partial charge in [0.25, 0.3) is 0 Å². The van der Waals surface area contributed by atoms with Gasteiger partial charge in [0, 0.05) is 18.8 Å². The molecule has 1 aliphatic rings. The van der Waals surface area contributed by atoms with Crippen LogP contribution in [0.25, 0.3) is 0 Å². The topological polar surface area (TPSA) is 24.5 Å². The van der Waals surface area contributed by atoms with Crippen molar-refractivity contribution in [3.05, 3.63) is 54.6 Å². The summed E-state index contributed by atoms with van der Waals surface area (Å²) in [7, 11) is 0. The minimum Gasteiger partial charge on any atom is -0.457 e. The van der Waals surface area contributed by atoms with Crippen molar-refractivity contribution in [2.24, 2.45) is 0 Å². The number of benzene rings is 2. The van der Waals surface area contributed by atoms with Gasteiger partial charge in [0.05, 0.1) is 0 Å². The maximum absolute atomic E-state index is 5.84. The SMILES string of the molecule is c1ccc(Oc2ccc(N3CCCNCCC3)cc2)cc1. The van der Waals surface area contributed by atoms with Crippen molar-refractivity contribution in [1.82, 2.24) is 5.32 Å². The third-order valence-corrected chi connectivity index (χ3v) is 3.74. The lowest BCUT2D eigenvalue weighted by molar-refractivity contribution is 0.482. The molecule has 0 spiro atoms. The zero-order chi connectivity index (χ0) is 14.3. The average Bonchev–Trinajstić information content (AvgIpc) is 2.49. The van der Waals surface area contributed by atoms with Crippen LogP contribution in [0.4, 0.5) is 5.69 Å². The summed E-state index contributed by atoms with van der Waals surface area (Å²) in [4.78, 5) is 2.47. The highest BCUT2D eigenvalue weighted by atomic mass is 16.5. The smallest absolute Gasteiger partial charge is 0.127 e. The summed E-state index contributed by atoms with van der Waals surface area (Å²) in [5, 5.41) is 3.45. The van der Waals surface area contributed by atoms with E-state index in [4.69, 9.17) is 4.74 Å². The largest absolute Gasteiger partial charge is 0.457 e. The van der Waals surface area contributed by atoms with E-state index in [1.807, 2.05) is 30.3 Å². The Balaban J connectivity index is 1.65. The molecule has 0 unspecified atom stereocenters. The van der Waals surface area contributed by atoms with E-state index < -0.39 is 0 Å². The van der Waals surface area contributed by atoms with Crippen molar-refractivity contribution >= 4 is 5.69 Å². The molecule has 2 aromatic carbocycles. The van der Waals surface area contributed by atoms with E-state index in [0.717, 1.165) is 37.7 Å². The van der Waals surface area contributed by atoms with E-state index >= 15 is 0 Å². The first-order valence-corrected chi connectivity index (χ1v) is 7.70. The summed E-state index contributed by atoms with van der Waals surface area (Å²) in [6.07, 6.45) is 2.39. The van der Waals surface area contributed by atoms with Crippen LogP contribution >= 0.6 is 0 Å². The van der Waals surface area contributed by atoms with E-state index in [1.165, 1.54) is 18.5 Å². The highest BCUT2D eigenvalue weighted by molar-refractivity contribution is 5.49. The standard InChI is InChI=1S/C18H22N2O/c1-2-6-17(7-3-1)21-18-10-8-16(9-11-18)20-14-4-12-19-13-5-15-20/h1-3,6-11,19H,4-5,12-15H2. The molecule has 2 aromatic rings. The Labute approximate surface area is 126 Å². The molecule has 1 fully saturated rings. The summed E-state index contributed by atoms with van der Waals surface area (Å²) in [5.74, 6) is 1.77. The van der Waals surface area contributed by atoms with Crippen LogP contribution in [0.1, 0.15) is 12.8 Å². The van der Waals surface area contributed by atoms with Crippen LogP contribution in [0.3, 0.4) is 0 Å². The molecule has 0 aromatic heterocycles. The molecule has 3 nitrogen and oxygen atoms in total. The summed E-state index contributed by atoms with van der Waals surface area (Å²) in [6, 6.07) is 18.3. The predicted octanol–water partition coefficient (Wildman–Crippen LogP) is 3.67. The van der Waals surface area contributed by atoms with Crippen molar-refractivity contribution in [1.29, 1.82) is 0 Å². The summed E-state index contributed by atoms with van der Waals surface area (Å²) >= 11 is 0. The first kappa shape index (κ1) is 14.0. The molecule has 0 bridgehead atoms. The van der Waals surface area contributed by atoms with Crippen molar-refractivity contribution in [3.8, 4) is 11.5 Å². The molecule has 0 aliphatic carbocycles. The Hall–Kier alpha value is -2.00. The lowest BCUT2D eigenvalue weighted by atomic mass is 10.2. The van der Waals surface area contributed by atoms with E-state index in [2.05, 4.69) is 34.5 Å². The Morgan fingerprint density at radius 1 is 0.762 bits per heavy atom. The molecule has 0 radical (unpaired) electrons. The molecule has 0 atom stereocenters. The van der Waals surface area contributed by atoms with Gasteiger partial charge in [-0.25, -0.2) is 0 Å². The summed E-state index contributed by atoms with van der Waals surface area (Å²) < 4.78 is 5.84. The molecule has 21 heavy (non-hydrogen) atoms. The minimum atomic E-state index is 0.877. The van der Waals surface area contributed by atoms with Crippen LogP contribution in [-0.4, -0.2) is 26.2 Å². The predicted molar refractivity (Wildman–Crippen MR) is 87.3 cm³/mol. The number of hydrogen-bond donors (Lipinski definition) is 1. The van der Waals surface area contributed by atoms with Gasteiger partial charge in [-0.3, -0.25) is 0 Å². The Bertz CT molecular complexity index is 531. The van der Waals surface area contributed by atoms with Gasteiger partial charge in [-0.05, 0) is 62.3 Å². The molecule has 3 heteroatoms. The maximum Gasteiger partial charge on any atom is 0.127 e. The van der Waals surface area contributed by atoms with Gasteiger partial charge in [0.15, 0.2) is 0 Å². The molecule has 1 heterocycles. The van der Waals surface area contributed by atoms with Gasteiger partial charge in [-0.1, -0.05) is 18.2 Å². The highest BCUT2D eigenvalue weighted by Gasteiger charge is 2.08.